The summed E-state index contributed by atoms with van der Waals surface area (Å²) in [4.78, 5) is 37.4. The molecule has 29 heavy (non-hydrogen) atoms. The largest absolute Gasteiger partial charge is 0.456 e. The number of esters is 1. The molecule has 0 fully saturated rings. The molecule has 0 aliphatic rings. The number of nitrogens with one attached hydrogen (secondary N) is 1. The molecule has 6 heteroatoms. The number of benzene rings is 2. The highest BCUT2D eigenvalue weighted by molar-refractivity contribution is 6.30. The first-order valence-electron chi connectivity index (χ1n) is 9.70. The number of hydrogen-bond donors (Lipinski definition) is 1. The lowest BCUT2D eigenvalue weighted by molar-refractivity contribution is -0.146. The fraction of sp³-hybridized carbons (Fsp3) is 0.348. The summed E-state index contributed by atoms with van der Waals surface area (Å²) < 4.78 is 5.23. The third-order valence-electron chi connectivity index (χ3n) is 4.89. The minimum atomic E-state index is -0.849. The van der Waals surface area contributed by atoms with Gasteiger partial charge in [0, 0.05) is 16.1 Å². The van der Waals surface area contributed by atoms with Gasteiger partial charge in [-0.3, -0.25) is 9.59 Å². The fourth-order valence-electron chi connectivity index (χ4n) is 2.73. The van der Waals surface area contributed by atoms with Crippen molar-refractivity contribution in [1.82, 2.24) is 5.32 Å². The lowest BCUT2D eigenvalue weighted by atomic mass is 9.98. The molecule has 1 N–H and O–H groups in total. The van der Waals surface area contributed by atoms with Crippen LogP contribution in [0.25, 0.3) is 0 Å². The summed E-state index contributed by atoms with van der Waals surface area (Å²) in [7, 11) is 0. The van der Waals surface area contributed by atoms with Gasteiger partial charge < -0.3 is 10.1 Å². The Morgan fingerprint density at radius 1 is 0.966 bits per heavy atom. The molecule has 154 valence electrons. The van der Waals surface area contributed by atoms with Gasteiger partial charge in [-0.2, -0.15) is 0 Å². The van der Waals surface area contributed by atoms with Gasteiger partial charge in [0.05, 0.1) is 0 Å². The van der Waals surface area contributed by atoms with E-state index in [1.165, 1.54) is 0 Å². The number of rotatable bonds is 9. The highest BCUT2D eigenvalue weighted by Gasteiger charge is 2.28. The summed E-state index contributed by atoms with van der Waals surface area (Å²) in [6, 6.07) is 12.7. The normalized spacial score (nSPS) is 12.7. The molecule has 0 radical (unpaired) electrons. The standard InChI is InChI=1S/C23H26ClNO4/c1-4-15(3)21(25-22(27)18-10-12-19(24)13-11-18)23(28)29-14-20(26)17-8-6-16(5-2)7-9-17/h6-13,15,21H,4-5,14H2,1-3H3,(H,25,27)/t15-,21-/m1/s1. The molecule has 2 atom stereocenters. The number of Topliss-reactive ketones (excluding diaryl/α,β-unsaturated/α-hetero) is 1. The second-order valence-corrected chi connectivity index (χ2v) is 7.36. The lowest BCUT2D eigenvalue weighted by Crippen LogP contribution is -2.46. The van der Waals surface area contributed by atoms with Crippen molar-refractivity contribution in [3.05, 3.63) is 70.2 Å². The molecule has 0 saturated carbocycles. The molecule has 2 aromatic rings. The number of carbonyl (C=O) groups excluding carboxylic acids is 3. The van der Waals surface area contributed by atoms with Crippen molar-refractivity contribution in [2.24, 2.45) is 5.92 Å². The molecule has 0 heterocycles. The van der Waals surface area contributed by atoms with E-state index in [1.54, 1.807) is 36.4 Å². The van der Waals surface area contributed by atoms with E-state index >= 15 is 0 Å². The van der Waals surface area contributed by atoms with E-state index in [2.05, 4.69) is 5.32 Å². The third kappa shape index (κ3) is 6.43. The van der Waals surface area contributed by atoms with Crippen LogP contribution in [0.5, 0.6) is 0 Å². The third-order valence-corrected chi connectivity index (χ3v) is 5.14. The van der Waals surface area contributed by atoms with Crippen LogP contribution in [0, 0.1) is 5.92 Å². The Morgan fingerprint density at radius 2 is 1.55 bits per heavy atom. The predicted octanol–water partition coefficient (Wildman–Crippen LogP) is 4.47. The van der Waals surface area contributed by atoms with Gasteiger partial charge in [-0.1, -0.05) is 63.1 Å². The van der Waals surface area contributed by atoms with Gasteiger partial charge in [0.2, 0.25) is 0 Å². The van der Waals surface area contributed by atoms with Crippen LogP contribution in [0.4, 0.5) is 0 Å². The minimum Gasteiger partial charge on any atom is -0.456 e. The number of halogens is 1. The van der Waals surface area contributed by atoms with Crippen LogP contribution in [-0.2, 0) is 16.0 Å². The van der Waals surface area contributed by atoms with E-state index in [0.717, 1.165) is 12.0 Å². The van der Waals surface area contributed by atoms with Crippen molar-refractivity contribution in [3.63, 3.8) is 0 Å². The molecule has 2 aromatic carbocycles. The Kier molecular flexibility index (Phi) is 8.40. The molecular formula is C23H26ClNO4. The fourth-order valence-corrected chi connectivity index (χ4v) is 2.86. The van der Waals surface area contributed by atoms with Crippen molar-refractivity contribution in [3.8, 4) is 0 Å². The van der Waals surface area contributed by atoms with E-state index in [4.69, 9.17) is 16.3 Å². The highest BCUT2D eigenvalue weighted by atomic mass is 35.5. The zero-order chi connectivity index (χ0) is 21.4. The van der Waals surface area contributed by atoms with Crippen LogP contribution in [0.2, 0.25) is 5.02 Å². The zero-order valence-electron chi connectivity index (χ0n) is 16.9. The van der Waals surface area contributed by atoms with Crippen LogP contribution < -0.4 is 5.32 Å². The monoisotopic (exact) mass is 415 g/mol. The van der Waals surface area contributed by atoms with Gasteiger partial charge >= 0.3 is 5.97 Å². The number of aryl methyl sites for hydroxylation is 1. The second-order valence-electron chi connectivity index (χ2n) is 6.92. The van der Waals surface area contributed by atoms with Crippen LogP contribution in [-0.4, -0.2) is 30.3 Å². The molecule has 0 aliphatic carbocycles. The predicted molar refractivity (Wildman–Crippen MR) is 113 cm³/mol. The highest BCUT2D eigenvalue weighted by Crippen LogP contribution is 2.14. The Labute approximate surface area is 176 Å². The molecule has 0 aromatic heterocycles. The van der Waals surface area contributed by atoms with Crippen molar-refractivity contribution in [2.75, 3.05) is 6.61 Å². The quantitative estimate of drug-likeness (QED) is 0.484. The molecule has 0 bridgehead atoms. The topological polar surface area (TPSA) is 72.5 Å². The molecule has 2 rings (SSSR count). The minimum absolute atomic E-state index is 0.155. The van der Waals surface area contributed by atoms with Gasteiger partial charge in [-0.15, -0.1) is 0 Å². The van der Waals surface area contributed by atoms with E-state index in [-0.39, 0.29) is 18.3 Å². The summed E-state index contributed by atoms with van der Waals surface area (Å²) in [6.45, 7) is 5.43. The smallest absolute Gasteiger partial charge is 0.329 e. The summed E-state index contributed by atoms with van der Waals surface area (Å²) >= 11 is 5.85. The Morgan fingerprint density at radius 3 is 2.10 bits per heavy atom. The van der Waals surface area contributed by atoms with Crippen LogP contribution >= 0.6 is 11.6 Å². The molecule has 0 saturated heterocycles. The van der Waals surface area contributed by atoms with E-state index in [0.29, 0.717) is 22.6 Å². The average Bonchev–Trinajstić information content (AvgIpc) is 2.75. The van der Waals surface area contributed by atoms with Crippen molar-refractivity contribution >= 4 is 29.3 Å². The number of ketones is 1. The Balaban J connectivity index is 2.01. The molecule has 5 nitrogen and oxygen atoms in total. The van der Waals surface area contributed by atoms with Gasteiger partial charge in [0.15, 0.2) is 12.4 Å². The Bertz CT molecular complexity index is 846. The first kappa shape index (κ1) is 22.6. The number of ether oxygens (including phenoxy) is 1. The maximum absolute atomic E-state index is 12.6. The average molecular weight is 416 g/mol. The maximum Gasteiger partial charge on any atom is 0.329 e. The Hall–Kier alpha value is -2.66. The van der Waals surface area contributed by atoms with Crippen LogP contribution in [0.3, 0.4) is 0 Å². The number of carbonyl (C=O) groups is 3. The number of amides is 1. The number of hydrogen-bond acceptors (Lipinski definition) is 4. The molecule has 1 amide bonds. The van der Waals surface area contributed by atoms with E-state index in [9.17, 15) is 14.4 Å². The molecule has 0 unspecified atom stereocenters. The van der Waals surface area contributed by atoms with Crippen molar-refractivity contribution < 1.29 is 19.1 Å². The summed E-state index contributed by atoms with van der Waals surface area (Å²) in [5.41, 5.74) is 2.00. The van der Waals surface area contributed by atoms with Gasteiger partial charge in [0.1, 0.15) is 6.04 Å². The van der Waals surface area contributed by atoms with Crippen molar-refractivity contribution in [1.29, 1.82) is 0 Å². The van der Waals surface area contributed by atoms with Crippen LogP contribution in [0.15, 0.2) is 48.5 Å². The summed E-state index contributed by atoms with van der Waals surface area (Å²) in [5.74, 6) is -1.46. The zero-order valence-corrected chi connectivity index (χ0v) is 17.7. The van der Waals surface area contributed by atoms with E-state index in [1.807, 2.05) is 32.9 Å². The van der Waals surface area contributed by atoms with Gasteiger partial charge in [-0.25, -0.2) is 4.79 Å². The second kappa shape index (κ2) is 10.8. The molecule has 0 aliphatic heterocycles. The van der Waals surface area contributed by atoms with Gasteiger partial charge in [-0.05, 0) is 42.2 Å². The SMILES string of the molecule is CCc1ccc(C(=O)COC(=O)[C@H](NC(=O)c2ccc(Cl)cc2)[C@H](C)CC)cc1. The first-order valence-corrected chi connectivity index (χ1v) is 10.1. The summed E-state index contributed by atoms with van der Waals surface area (Å²) in [6.07, 6.45) is 1.54. The summed E-state index contributed by atoms with van der Waals surface area (Å²) in [5, 5.41) is 3.23. The molecule has 0 spiro atoms. The van der Waals surface area contributed by atoms with Gasteiger partial charge in [0.25, 0.3) is 5.91 Å². The first-order chi connectivity index (χ1) is 13.8. The van der Waals surface area contributed by atoms with Crippen molar-refractivity contribution in [2.45, 2.75) is 39.7 Å². The van der Waals surface area contributed by atoms with Crippen LogP contribution in [0.1, 0.15) is 53.5 Å². The maximum atomic E-state index is 12.6. The van der Waals surface area contributed by atoms with E-state index < -0.39 is 17.9 Å². The lowest BCUT2D eigenvalue weighted by Gasteiger charge is -2.22. The molecular weight excluding hydrogens is 390 g/mol.